The molecule has 0 unspecified atom stereocenters. The Morgan fingerprint density at radius 3 is 2.42 bits per heavy atom. The maximum absolute atomic E-state index is 14.0. The topological polar surface area (TPSA) is 66.4 Å². The SMILES string of the molecule is CCC(CC)(NC(=O)[C@H]1CC[C@H]2[C@@H]3CC=C4C=C(C(=O)O)CC[C@]4(C)[C@H]3CC[C@]12C)c1ccccc1. The minimum Gasteiger partial charge on any atom is -0.478 e. The van der Waals surface area contributed by atoms with E-state index < -0.39 is 5.97 Å². The minimum absolute atomic E-state index is 0.0353. The van der Waals surface area contributed by atoms with Gasteiger partial charge in [0.25, 0.3) is 0 Å². The molecule has 1 amide bonds. The van der Waals surface area contributed by atoms with Crippen molar-refractivity contribution in [3.63, 3.8) is 0 Å². The van der Waals surface area contributed by atoms with Crippen LogP contribution in [0, 0.1) is 34.5 Å². The van der Waals surface area contributed by atoms with Gasteiger partial charge in [-0.1, -0.05) is 64.1 Å². The molecule has 4 aliphatic rings. The highest BCUT2D eigenvalue weighted by Gasteiger charge is 2.60. The van der Waals surface area contributed by atoms with Gasteiger partial charge in [-0.15, -0.1) is 0 Å². The molecule has 2 saturated carbocycles. The van der Waals surface area contributed by atoms with E-state index in [1.54, 1.807) is 0 Å². The summed E-state index contributed by atoms with van der Waals surface area (Å²) in [5, 5.41) is 13.1. The maximum atomic E-state index is 14.0. The number of hydrogen-bond donors (Lipinski definition) is 2. The average Bonchev–Trinajstić information content (AvgIpc) is 3.24. The lowest BCUT2D eigenvalue weighted by atomic mass is 9.48. The predicted octanol–water partition coefficient (Wildman–Crippen LogP) is 7.02. The maximum Gasteiger partial charge on any atom is 0.331 e. The van der Waals surface area contributed by atoms with E-state index >= 15 is 0 Å². The molecule has 0 radical (unpaired) electrons. The molecular formula is C32H43NO3. The summed E-state index contributed by atoms with van der Waals surface area (Å²) in [7, 11) is 0. The van der Waals surface area contributed by atoms with Crippen molar-refractivity contribution >= 4 is 11.9 Å². The van der Waals surface area contributed by atoms with Gasteiger partial charge in [0, 0.05) is 11.5 Å². The van der Waals surface area contributed by atoms with Gasteiger partial charge in [0.05, 0.1) is 5.54 Å². The number of nitrogens with one attached hydrogen (secondary N) is 1. The summed E-state index contributed by atoms with van der Waals surface area (Å²) in [4.78, 5) is 25.6. The first-order valence-corrected chi connectivity index (χ1v) is 14.2. The molecule has 4 heteroatoms. The molecule has 0 spiro atoms. The van der Waals surface area contributed by atoms with Crippen LogP contribution < -0.4 is 5.32 Å². The number of rotatable bonds is 6. The Morgan fingerprint density at radius 1 is 1.03 bits per heavy atom. The molecule has 0 aliphatic heterocycles. The Morgan fingerprint density at radius 2 is 1.75 bits per heavy atom. The summed E-state index contributed by atoms with van der Waals surface area (Å²) in [6, 6.07) is 10.5. The molecule has 1 aromatic rings. The molecule has 194 valence electrons. The summed E-state index contributed by atoms with van der Waals surface area (Å²) in [6.45, 7) is 9.14. The summed E-state index contributed by atoms with van der Waals surface area (Å²) in [5.41, 5.74) is 2.81. The number of amides is 1. The third-order valence-corrected chi connectivity index (χ3v) is 11.3. The van der Waals surface area contributed by atoms with Crippen LogP contribution in [0.4, 0.5) is 0 Å². The largest absolute Gasteiger partial charge is 0.478 e. The van der Waals surface area contributed by atoms with Gasteiger partial charge in [-0.2, -0.15) is 0 Å². The van der Waals surface area contributed by atoms with Crippen molar-refractivity contribution in [1.29, 1.82) is 0 Å². The van der Waals surface area contributed by atoms with Crippen LogP contribution in [0.1, 0.15) is 91.0 Å². The average molecular weight is 490 g/mol. The number of carboxylic acid groups (broad SMARTS) is 1. The summed E-state index contributed by atoms with van der Waals surface area (Å²) in [5.74, 6) is 1.26. The minimum atomic E-state index is -0.772. The normalized spacial score (nSPS) is 35.6. The fourth-order valence-electron chi connectivity index (χ4n) is 8.91. The Kier molecular flexibility index (Phi) is 6.46. The van der Waals surface area contributed by atoms with Crippen LogP contribution in [0.2, 0.25) is 0 Å². The van der Waals surface area contributed by atoms with Gasteiger partial charge in [-0.05, 0) is 104 Å². The van der Waals surface area contributed by atoms with E-state index in [-0.39, 0.29) is 28.2 Å². The Balaban J connectivity index is 1.39. The summed E-state index contributed by atoms with van der Waals surface area (Å²) < 4.78 is 0. The van der Waals surface area contributed by atoms with E-state index in [0.29, 0.717) is 29.7 Å². The highest BCUT2D eigenvalue weighted by Crippen LogP contribution is 2.66. The van der Waals surface area contributed by atoms with Crippen LogP contribution >= 0.6 is 0 Å². The van der Waals surface area contributed by atoms with E-state index in [9.17, 15) is 14.7 Å². The number of aliphatic carboxylic acids is 1. The molecule has 0 heterocycles. The first-order chi connectivity index (χ1) is 17.2. The fraction of sp³-hybridized carbons (Fsp3) is 0.625. The number of hydrogen-bond acceptors (Lipinski definition) is 2. The van der Waals surface area contributed by atoms with Gasteiger partial charge in [-0.25, -0.2) is 4.79 Å². The molecule has 0 bridgehead atoms. The molecule has 2 fully saturated rings. The van der Waals surface area contributed by atoms with Crippen LogP contribution in [-0.4, -0.2) is 17.0 Å². The van der Waals surface area contributed by atoms with Gasteiger partial charge >= 0.3 is 5.97 Å². The molecule has 5 rings (SSSR count). The van der Waals surface area contributed by atoms with Crippen molar-refractivity contribution in [1.82, 2.24) is 5.32 Å². The number of fused-ring (bicyclic) bond motifs is 5. The van der Waals surface area contributed by atoms with Gasteiger partial charge in [0.1, 0.15) is 0 Å². The second kappa shape index (κ2) is 9.19. The van der Waals surface area contributed by atoms with Crippen LogP contribution in [0.15, 0.2) is 53.6 Å². The van der Waals surface area contributed by atoms with Gasteiger partial charge in [0.15, 0.2) is 0 Å². The van der Waals surface area contributed by atoms with Crippen molar-refractivity contribution in [3.05, 3.63) is 59.2 Å². The van der Waals surface area contributed by atoms with Crippen molar-refractivity contribution < 1.29 is 14.7 Å². The first kappa shape index (κ1) is 25.3. The number of benzene rings is 1. The predicted molar refractivity (Wildman–Crippen MR) is 143 cm³/mol. The van der Waals surface area contributed by atoms with Crippen molar-refractivity contribution in [3.8, 4) is 0 Å². The van der Waals surface area contributed by atoms with Crippen molar-refractivity contribution in [2.24, 2.45) is 34.5 Å². The highest BCUT2D eigenvalue weighted by molar-refractivity contribution is 5.87. The molecule has 6 atom stereocenters. The zero-order chi connectivity index (χ0) is 25.7. The third kappa shape index (κ3) is 3.78. The smallest absolute Gasteiger partial charge is 0.331 e. The summed E-state index contributed by atoms with van der Waals surface area (Å²) in [6.07, 6.45) is 13.0. The number of allylic oxidation sites excluding steroid dienone is 3. The molecule has 1 aromatic carbocycles. The fourth-order valence-corrected chi connectivity index (χ4v) is 8.91. The van der Waals surface area contributed by atoms with Gasteiger partial charge in [-0.3, -0.25) is 4.79 Å². The lowest BCUT2D eigenvalue weighted by Crippen LogP contribution is -2.53. The van der Waals surface area contributed by atoms with Crippen LogP contribution in [0.5, 0.6) is 0 Å². The van der Waals surface area contributed by atoms with E-state index in [4.69, 9.17) is 0 Å². The molecule has 0 saturated heterocycles. The van der Waals surface area contributed by atoms with E-state index in [1.807, 2.05) is 12.1 Å². The highest BCUT2D eigenvalue weighted by atomic mass is 16.4. The van der Waals surface area contributed by atoms with Gasteiger partial charge < -0.3 is 10.4 Å². The number of carbonyl (C=O) groups excluding carboxylic acids is 1. The van der Waals surface area contributed by atoms with E-state index in [1.165, 1.54) is 11.1 Å². The Bertz CT molecular complexity index is 1080. The quantitative estimate of drug-likeness (QED) is 0.451. The second-order valence-electron chi connectivity index (χ2n) is 12.5. The van der Waals surface area contributed by atoms with E-state index in [2.05, 4.69) is 63.4 Å². The first-order valence-electron chi connectivity index (χ1n) is 14.2. The molecule has 0 aromatic heterocycles. The molecule has 4 nitrogen and oxygen atoms in total. The lowest BCUT2D eigenvalue weighted by molar-refractivity contribution is -0.134. The third-order valence-electron chi connectivity index (χ3n) is 11.3. The summed E-state index contributed by atoms with van der Waals surface area (Å²) >= 11 is 0. The lowest BCUT2D eigenvalue weighted by Gasteiger charge is -2.57. The van der Waals surface area contributed by atoms with Crippen molar-refractivity contribution in [2.75, 3.05) is 0 Å². The van der Waals surface area contributed by atoms with E-state index in [0.717, 1.165) is 51.4 Å². The molecular weight excluding hydrogens is 446 g/mol. The standard InChI is InChI=1S/C32H43NO3/c1-5-32(6-2,22-10-8-7-9-11-22)33-28(34)27-15-14-25-24-13-12-23-20-21(29(35)36)16-18-30(23,3)26(24)17-19-31(25,27)4/h7-12,20,24-27H,5-6,13-19H2,1-4H3,(H,33,34)(H,35,36)/t24-,25-,26-,27+,30-,31-/m0/s1. The molecule has 2 N–H and O–H groups in total. The molecule has 36 heavy (non-hydrogen) atoms. The Hall–Kier alpha value is -2.36. The Labute approximate surface area is 216 Å². The van der Waals surface area contributed by atoms with Crippen LogP contribution in [-0.2, 0) is 15.1 Å². The zero-order valence-electron chi connectivity index (χ0n) is 22.5. The molecule has 4 aliphatic carbocycles. The van der Waals surface area contributed by atoms with Crippen molar-refractivity contribution in [2.45, 2.75) is 91.0 Å². The van der Waals surface area contributed by atoms with Crippen LogP contribution in [0.3, 0.4) is 0 Å². The van der Waals surface area contributed by atoms with Crippen LogP contribution in [0.25, 0.3) is 0 Å². The second-order valence-corrected chi connectivity index (χ2v) is 12.5. The number of carboxylic acids is 1. The van der Waals surface area contributed by atoms with Gasteiger partial charge in [0.2, 0.25) is 5.91 Å². The zero-order valence-corrected chi connectivity index (χ0v) is 22.5. The monoisotopic (exact) mass is 489 g/mol. The number of carbonyl (C=O) groups is 2.